The summed E-state index contributed by atoms with van der Waals surface area (Å²) in [6.45, 7) is 1.21. The molecule has 4 nitrogen and oxygen atoms in total. The zero-order valence-corrected chi connectivity index (χ0v) is 13.1. The van der Waals surface area contributed by atoms with Gasteiger partial charge in [-0.1, -0.05) is 17.7 Å². The van der Waals surface area contributed by atoms with Crippen molar-refractivity contribution in [1.82, 2.24) is 14.9 Å². The van der Waals surface area contributed by atoms with Gasteiger partial charge in [-0.25, -0.2) is 4.98 Å². The number of hydrogen-bond acceptors (Lipinski definition) is 3. The van der Waals surface area contributed by atoms with Crippen LogP contribution in [-0.4, -0.2) is 16.6 Å². The van der Waals surface area contributed by atoms with E-state index >= 15 is 0 Å². The van der Waals surface area contributed by atoms with Crippen LogP contribution < -0.4 is 10.1 Å². The van der Waals surface area contributed by atoms with Crippen molar-refractivity contribution in [2.24, 2.45) is 7.05 Å². The van der Waals surface area contributed by atoms with Gasteiger partial charge in [0.25, 0.3) is 0 Å². The monoisotopic (exact) mass is 343 g/mol. The molecular formula is C13H15BrClN3O. The number of ether oxygens (including phenoxy) is 1. The molecule has 2 rings (SSSR count). The summed E-state index contributed by atoms with van der Waals surface area (Å²) in [5.41, 5.74) is 1.20. The molecule has 1 heterocycles. The SMILES string of the molecule is CNCc1ccc(OCc2ncc(Cl)n2C)c(Br)c1. The van der Waals surface area contributed by atoms with Crippen molar-refractivity contribution in [1.29, 1.82) is 0 Å². The number of rotatable bonds is 5. The number of imidazole rings is 1. The molecule has 0 aliphatic heterocycles. The van der Waals surface area contributed by atoms with Crippen LogP contribution in [0.1, 0.15) is 11.4 Å². The van der Waals surface area contributed by atoms with Crippen molar-refractivity contribution in [3.05, 3.63) is 45.4 Å². The molecule has 0 spiro atoms. The summed E-state index contributed by atoms with van der Waals surface area (Å²) in [6.07, 6.45) is 1.62. The molecule has 1 aromatic carbocycles. The second-order valence-corrected chi connectivity index (χ2v) is 5.38. The van der Waals surface area contributed by atoms with Gasteiger partial charge in [0, 0.05) is 13.6 Å². The third-order valence-electron chi connectivity index (χ3n) is 2.76. The van der Waals surface area contributed by atoms with E-state index in [9.17, 15) is 0 Å². The first-order valence-corrected chi connectivity index (χ1v) is 7.01. The maximum atomic E-state index is 5.93. The smallest absolute Gasteiger partial charge is 0.147 e. The summed E-state index contributed by atoms with van der Waals surface area (Å²) in [6, 6.07) is 6.01. The Hall–Kier alpha value is -1.04. The van der Waals surface area contributed by atoms with E-state index in [4.69, 9.17) is 16.3 Å². The number of aromatic nitrogens is 2. The van der Waals surface area contributed by atoms with Gasteiger partial charge in [0.1, 0.15) is 23.3 Å². The second kappa shape index (κ2) is 6.41. The Morgan fingerprint density at radius 3 is 2.84 bits per heavy atom. The van der Waals surface area contributed by atoms with Crippen LogP contribution in [0.25, 0.3) is 0 Å². The zero-order valence-electron chi connectivity index (χ0n) is 10.8. The molecule has 0 saturated carbocycles. The summed E-state index contributed by atoms with van der Waals surface area (Å²) in [5.74, 6) is 1.58. The minimum Gasteiger partial charge on any atom is -0.484 e. The fourth-order valence-electron chi connectivity index (χ4n) is 1.68. The molecule has 102 valence electrons. The Bertz CT molecular complexity index is 571. The molecule has 0 aliphatic rings. The van der Waals surface area contributed by atoms with E-state index in [1.165, 1.54) is 5.56 Å². The largest absolute Gasteiger partial charge is 0.484 e. The van der Waals surface area contributed by atoms with Crippen molar-refractivity contribution in [2.75, 3.05) is 7.05 Å². The molecule has 1 N–H and O–H groups in total. The number of benzene rings is 1. The number of nitrogens with zero attached hydrogens (tertiary/aromatic N) is 2. The molecule has 0 aliphatic carbocycles. The van der Waals surface area contributed by atoms with Crippen LogP contribution in [0.2, 0.25) is 5.15 Å². The predicted molar refractivity (Wildman–Crippen MR) is 79.5 cm³/mol. The van der Waals surface area contributed by atoms with Gasteiger partial charge in [0.2, 0.25) is 0 Å². The lowest BCUT2D eigenvalue weighted by molar-refractivity contribution is 0.290. The third-order valence-corrected chi connectivity index (χ3v) is 3.73. The number of hydrogen-bond donors (Lipinski definition) is 1. The quantitative estimate of drug-likeness (QED) is 0.906. The second-order valence-electron chi connectivity index (χ2n) is 4.14. The molecule has 0 atom stereocenters. The summed E-state index contributed by atoms with van der Waals surface area (Å²) >= 11 is 9.43. The fourth-order valence-corrected chi connectivity index (χ4v) is 2.36. The van der Waals surface area contributed by atoms with Gasteiger partial charge in [-0.05, 0) is 40.7 Å². The highest BCUT2D eigenvalue weighted by Gasteiger charge is 2.07. The maximum Gasteiger partial charge on any atom is 0.147 e. The number of nitrogens with one attached hydrogen (secondary N) is 1. The summed E-state index contributed by atoms with van der Waals surface area (Å²) in [7, 11) is 3.78. The van der Waals surface area contributed by atoms with Gasteiger partial charge in [0.15, 0.2) is 0 Å². The highest BCUT2D eigenvalue weighted by molar-refractivity contribution is 9.10. The van der Waals surface area contributed by atoms with E-state index in [0.717, 1.165) is 22.6 Å². The lowest BCUT2D eigenvalue weighted by Gasteiger charge is -2.10. The van der Waals surface area contributed by atoms with E-state index in [0.29, 0.717) is 11.8 Å². The first kappa shape index (κ1) is 14.4. The van der Waals surface area contributed by atoms with Crippen molar-refractivity contribution in [3.63, 3.8) is 0 Å². The normalized spacial score (nSPS) is 10.7. The van der Waals surface area contributed by atoms with E-state index < -0.39 is 0 Å². The van der Waals surface area contributed by atoms with Crippen molar-refractivity contribution < 1.29 is 4.74 Å². The van der Waals surface area contributed by atoms with Gasteiger partial charge in [-0.2, -0.15) is 0 Å². The Morgan fingerprint density at radius 2 is 2.26 bits per heavy atom. The lowest BCUT2D eigenvalue weighted by atomic mass is 10.2. The molecule has 0 unspecified atom stereocenters. The molecule has 0 fully saturated rings. The molecule has 0 radical (unpaired) electrons. The van der Waals surface area contributed by atoms with E-state index in [2.05, 4.69) is 26.2 Å². The molecular weight excluding hydrogens is 330 g/mol. The molecule has 0 amide bonds. The lowest BCUT2D eigenvalue weighted by Crippen LogP contribution is -2.06. The minimum absolute atomic E-state index is 0.382. The first-order chi connectivity index (χ1) is 9.11. The summed E-state index contributed by atoms with van der Waals surface area (Å²) in [4.78, 5) is 4.19. The van der Waals surface area contributed by atoms with E-state index in [1.54, 1.807) is 10.8 Å². The van der Waals surface area contributed by atoms with E-state index in [1.807, 2.05) is 32.3 Å². The maximum absolute atomic E-state index is 5.93. The van der Waals surface area contributed by atoms with Crippen LogP contribution in [0.3, 0.4) is 0 Å². The average molecular weight is 345 g/mol. The van der Waals surface area contributed by atoms with E-state index in [-0.39, 0.29) is 0 Å². The van der Waals surface area contributed by atoms with Gasteiger partial charge in [-0.3, -0.25) is 0 Å². The average Bonchev–Trinajstić information content (AvgIpc) is 2.70. The first-order valence-electron chi connectivity index (χ1n) is 5.83. The standard InChI is InChI=1S/C13H15BrClN3O/c1-16-6-9-3-4-11(10(14)5-9)19-8-13-17-7-12(15)18(13)2/h3-5,7,16H,6,8H2,1-2H3. The van der Waals surface area contributed by atoms with Crippen LogP contribution >= 0.6 is 27.5 Å². The molecule has 0 bridgehead atoms. The molecule has 2 aromatic rings. The van der Waals surface area contributed by atoms with Crippen LogP contribution in [0.15, 0.2) is 28.9 Å². The molecule has 19 heavy (non-hydrogen) atoms. The van der Waals surface area contributed by atoms with Crippen LogP contribution in [0.4, 0.5) is 0 Å². The van der Waals surface area contributed by atoms with Gasteiger partial charge in [-0.15, -0.1) is 0 Å². The van der Waals surface area contributed by atoms with Crippen molar-refractivity contribution >= 4 is 27.5 Å². The number of halogens is 2. The van der Waals surface area contributed by atoms with Gasteiger partial charge < -0.3 is 14.6 Å². The van der Waals surface area contributed by atoms with Crippen molar-refractivity contribution in [2.45, 2.75) is 13.2 Å². The molecule has 6 heteroatoms. The summed E-state index contributed by atoms with van der Waals surface area (Å²) in [5, 5.41) is 3.71. The zero-order chi connectivity index (χ0) is 13.8. The summed E-state index contributed by atoms with van der Waals surface area (Å²) < 4.78 is 8.47. The third kappa shape index (κ3) is 3.49. The highest BCUT2D eigenvalue weighted by Crippen LogP contribution is 2.26. The van der Waals surface area contributed by atoms with Crippen LogP contribution in [-0.2, 0) is 20.2 Å². The molecule has 1 aromatic heterocycles. The Morgan fingerprint density at radius 1 is 1.47 bits per heavy atom. The minimum atomic E-state index is 0.382. The van der Waals surface area contributed by atoms with Crippen molar-refractivity contribution in [3.8, 4) is 5.75 Å². The van der Waals surface area contributed by atoms with Gasteiger partial charge in [0.05, 0.1) is 10.7 Å². The Kier molecular flexibility index (Phi) is 4.85. The van der Waals surface area contributed by atoms with Gasteiger partial charge >= 0.3 is 0 Å². The highest BCUT2D eigenvalue weighted by atomic mass is 79.9. The van der Waals surface area contributed by atoms with Crippen LogP contribution in [0.5, 0.6) is 5.75 Å². The Balaban J connectivity index is 2.05. The van der Waals surface area contributed by atoms with Crippen LogP contribution in [0, 0.1) is 0 Å². The fraction of sp³-hybridized carbons (Fsp3) is 0.308. The topological polar surface area (TPSA) is 39.1 Å². The molecule has 0 saturated heterocycles. The Labute approximate surface area is 125 Å². The predicted octanol–water partition coefficient (Wildman–Crippen LogP) is 3.13.